The molecular formula is C29H25FeN. The van der Waals surface area contributed by atoms with Crippen LogP contribution in [0.25, 0.3) is 0 Å². The van der Waals surface area contributed by atoms with Crippen LogP contribution in [0.1, 0.15) is 22.3 Å². The summed E-state index contributed by atoms with van der Waals surface area (Å²) in [6.45, 7) is 0. The van der Waals surface area contributed by atoms with Crippen molar-refractivity contribution in [2.45, 2.75) is 5.41 Å². The Morgan fingerprint density at radius 3 is 1.26 bits per heavy atom. The Labute approximate surface area is 195 Å². The fourth-order valence-electron chi connectivity index (χ4n) is 4.13. The minimum absolute atomic E-state index is 0. The maximum Gasteiger partial charge on any atom is 2.00 e. The van der Waals surface area contributed by atoms with Crippen molar-refractivity contribution in [3.8, 4) is 0 Å². The number of nitrogen functional groups attached to an aromatic ring is 1. The van der Waals surface area contributed by atoms with E-state index in [0.29, 0.717) is 0 Å². The Morgan fingerprint density at radius 2 is 0.968 bits per heavy atom. The van der Waals surface area contributed by atoms with Crippen LogP contribution in [-0.4, -0.2) is 0 Å². The van der Waals surface area contributed by atoms with Crippen LogP contribution >= 0.6 is 0 Å². The second-order valence-corrected chi connectivity index (χ2v) is 7.21. The Hall–Kier alpha value is -3.32. The van der Waals surface area contributed by atoms with Gasteiger partial charge in [0.25, 0.3) is 0 Å². The van der Waals surface area contributed by atoms with Gasteiger partial charge in [0, 0.05) is 5.41 Å². The van der Waals surface area contributed by atoms with Crippen LogP contribution in [0.3, 0.4) is 0 Å². The number of benzene rings is 3. The molecule has 1 nitrogen and oxygen atoms in total. The summed E-state index contributed by atoms with van der Waals surface area (Å²) < 4.78 is 0. The second-order valence-electron chi connectivity index (χ2n) is 7.21. The van der Waals surface area contributed by atoms with Gasteiger partial charge in [-0.15, -0.1) is 5.56 Å². The molecule has 0 radical (unpaired) electrons. The van der Waals surface area contributed by atoms with Gasteiger partial charge in [0.1, 0.15) is 0 Å². The third-order valence-electron chi connectivity index (χ3n) is 5.43. The van der Waals surface area contributed by atoms with Crippen LogP contribution in [0.4, 0.5) is 5.69 Å². The van der Waals surface area contributed by atoms with E-state index in [2.05, 4.69) is 97.1 Å². The first-order valence-corrected chi connectivity index (χ1v) is 10.2. The van der Waals surface area contributed by atoms with Crippen LogP contribution in [0.15, 0.2) is 140 Å². The summed E-state index contributed by atoms with van der Waals surface area (Å²) in [5.74, 6) is 0. The number of rotatable bonds is 4. The fourth-order valence-corrected chi connectivity index (χ4v) is 4.13. The van der Waals surface area contributed by atoms with Crippen molar-refractivity contribution in [2.24, 2.45) is 0 Å². The third-order valence-corrected chi connectivity index (χ3v) is 5.43. The van der Waals surface area contributed by atoms with E-state index in [0.717, 1.165) is 11.3 Å². The predicted octanol–water partition coefficient (Wildman–Crippen LogP) is 6.77. The molecule has 0 aromatic heterocycles. The van der Waals surface area contributed by atoms with E-state index in [-0.39, 0.29) is 17.1 Å². The van der Waals surface area contributed by atoms with Gasteiger partial charge in [0.2, 0.25) is 0 Å². The molecule has 154 valence electrons. The molecule has 0 aliphatic carbocycles. The van der Waals surface area contributed by atoms with Gasteiger partial charge >= 0.3 is 17.1 Å². The number of hydrogen-bond acceptors (Lipinski definition) is 1. The molecule has 0 aliphatic rings. The van der Waals surface area contributed by atoms with Crippen molar-refractivity contribution in [1.29, 1.82) is 0 Å². The molecule has 0 saturated heterocycles. The number of nitrogens with two attached hydrogens (primary N) is 1. The van der Waals surface area contributed by atoms with E-state index in [9.17, 15) is 0 Å². The van der Waals surface area contributed by atoms with Crippen LogP contribution in [0.5, 0.6) is 0 Å². The minimum Gasteiger partial charge on any atom is -0.420 e. The summed E-state index contributed by atoms with van der Waals surface area (Å²) in [5.41, 5.74) is 11.6. The smallest absolute Gasteiger partial charge is 0.420 e. The minimum atomic E-state index is -0.433. The Bertz CT molecular complexity index is 1010. The van der Waals surface area contributed by atoms with E-state index >= 15 is 0 Å². The Kier molecular flexibility index (Phi) is 7.67. The van der Waals surface area contributed by atoms with Crippen molar-refractivity contribution >= 4 is 5.69 Å². The zero-order chi connectivity index (χ0) is 20.7. The summed E-state index contributed by atoms with van der Waals surface area (Å²) >= 11 is 0. The molecular weight excluding hydrogens is 418 g/mol. The number of anilines is 1. The van der Waals surface area contributed by atoms with E-state index in [1.807, 2.05) is 42.5 Å². The summed E-state index contributed by atoms with van der Waals surface area (Å²) in [6.07, 6.45) is 0. The molecule has 31 heavy (non-hydrogen) atoms. The van der Waals surface area contributed by atoms with Gasteiger partial charge in [-0.2, -0.15) is 30.3 Å². The van der Waals surface area contributed by atoms with E-state index in [4.69, 9.17) is 5.73 Å². The number of hydrogen-bond donors (Lipinski definition) is 1. The maximum atomic E-state index is 6.44. The molecule has 0 heterocycles. The second kappa shape index (κ2) is 10.6. The van der Waals surface area contributed by atoms with Gasteiger partial charge in [-0.25, -0.2) is 18.2 Å². The monoisotopic (exact) mass is 443 g/mol. The molecule has 0 spiro atoms. The zero-order valence-corrected chi connectivity index (χ0v) is 18.3. The van der Waals surface area contributed by atoms with Crippen molar-refractivity contribution < 1.29 is 17.1 Å². The summed E-state index contributed by atoms with van der Waals surface area (Å²) in [5, 5.41) is 0. The van der Waals surface area contributed by atoms with Crippen LogP contribution in [0.2, 0.25) is 0 Å². The molecule has 0 saturated carbocycles. The quantitative estimate of drug-likeness (QED) is 0.185. The first-order chi connectivity index (χ1) is 14.8. The summed E-state index contributed by atoms with van der Waals surface area (Å²) in [4.78, 5) is 0. The molecule has 0 bridgehead atoms. The van der Waals surface area contributed by atoms with Gasteiger partial charge in [-0.3, -0.25) is 0 Å². The largest absolute Gasteiger partial charge is 2.00 e. The van der Waals surface area contributed by atoms with Gasteiger partial charge in [-0.1, -0.05) is 96.7 Å². The van der Waals surface area contributed by atoms with E-state index in [1.165, 1.54) is 16.7 Å². The average molecular weight is 443 g/mol. The topological polar surface area (TPSA) is 26.0 Å². The van der Waals surface area contributed by atoms with Crippen LogP contribution in [0, 0.1) is 0 Å². The molecule has 5 aromatic carbocycles. The molecule has 2 N–H and O–H groups in total. The van der Waals surface area contributed by atoms with Gasteiger partial charge in [-0.05, 0) is 16.7 Å². The van der Waals surface area contributed by atoms with Crippen molar-refractivity contribution in [1.82, 2.24) is 0 Å². The standard InChI is InChI=1S/C24H20N.C5H5.Fe/c25-23-18-10-17-22(23)24(19-11-4-1-5-12-19,20-13-6-2-7-14-20)21-15-8-3-9-16-21;1-2-4-5-3-1;/h1-18H,25H2;1-5H;/q2*-1;+2. The fraction of sp³-hybridized carbons (Fsp3) is 0.0345. The molecule has 0 aliphatic heterocycles. The molecule has 0 unspecified atom stereocenters. The first-order valence-electron chi connectivity index (χ1n) is 10.2. The first kappa shape index (κ1) is 22.4. The van der Waals surface area contributed by atoms with E-state index < -0.39 is 5.41 Å². The maximum absolute atomic E-state index is 6.44. The average Bonchev–Trinajstić information content (AvgIpc) is 3.53. The molecule has 0 atom stereocenters. The molecule has 5 aromatic rings. The van der Waals surface area contributed by atoms with Gasteiger partial charge in [0.15, 0.2) is 0 Å². The Morgan fingerprint density at radius 1 is 0.548 bits per heavy atom. The molecule has 0 amide bonds. The SMILES string of the molecule is Nc1ccc[c-]1C(c1ccccc1)(c1ccccc1)c1ccccc1.[Fe+2].c1cc[cH-]c1. The van der Waals surface area contributed by atoms with Crippen LogP contribution < -0.4 is 5.73 Å². The zero-order valence-electron chi connectivity index (χ0n) is 17.2. The van der Waals surface area contributed by atoms with Crippen molar-refractivity contribution in [2.75, 3.05) is 5.73 Å². The van der Waals surface area contributed by atoms with Gasteiger partial charge in [0.05, 0.1) is 0 Å². The molecule has 0 fully saturated rings. The molecule has 2 heteroatoms. The van der Waals surface area contributed by atoms with E-state index in [1.54, 1.807) is 0 Å². The molecule has 5 rings (SSSR count). The van der Waals surface area contributed by atoms with Crippen molar-refractivity contribution in [3.63, 3.8) is 0 Å². The van der Waals surface area contributed by atoms with Crippen molar-refractivity contribution in [3.05, 3.63) is 162 Å². The normalized spacial score (nSPS) is 10.5. The third kappa shape index (κ3) is 4.56. The summed E-state index contributed by atoms with van der Waals surface area (Å²) in [7, 11) is 0. The van der Waals surface area contributed by atoms with Crippen LogP contribution in [-0.2, 0) is 22.5 Å². The predicted molar refractivity (Wildman–Crippen MR) is 127 cm³/mol. The summed E-state index contributed by atoms with van der Waals surface area (Å²) in [6, 6.07) is 48.0. The Balaban J connectivity index is 0.000000401. The van der Waals surface area contributed by atoms with Gasteiger partial charge < -0.3 is 5.73 Å².